The Hall–Kier alpha value is -4.46. The second-order valence-electron chi connectivity index (χ2n) is 9.36. The summed E-state index contributed by atoms with van der Waals surface area (Å²) < 4.78 is 0. The minimum absolute atomic E-state index is 0.0920. The van der Waals surface area contributed by atoms with Crippen LogP contribution in [0.2, 0.25) is 5.02 Å². The third kappa shape index (κ3) is 7.56. The molecule has 0 bridgehead atoms. The van der Waals surface area contributed by atoms with Crippen molar-refractivity contribution >= 4 is 29.4 Å². The van der Waals surface area contributed by atoms with Crippen molar-refractivity contribution in [3.63, 3.8) is 0 Å². The molecule has 4 N–H and O–H groups in total. The van der Waals surface area contributed by atoms with Gasteiger partial charge in [0, 0.05) is 13.0 Å². The highest BCUT2D eigenvalue weighted by molar-refractivity contribution is 6.33. The fourth-order valence-electron chi connectivity index (χ4n) is 4.42. The zero-order valence-corrected chi connectivity index (χ0v) is 22.3. The van der Waals surface area contributed by atoms with Gasteiger partial charge in [-0.15, -0.1) is 0 Å². The molecule has 0 saturated carbocycles. The van der Waals surface area contributed by atoms with Gasteiger partial charge in [-0.3, -0.25) is 14.9 Å². The van der Waals surface area contributed by atoms with Crippen molar-refractivity contribution in [2.45, 2.75) is 31.5 Å². The highest BCUT2D eigenvalue weighted by Crippen LogP contribution is 2.25. The molecule has 0 heterocycles. The number of hydrogen-bond donors (Lipinski definition) is 4. The minimum Gasteiger partial charge on any atom is -0.480 e. The quantitative estimate of drug-likeness (QED) is 0.190. The van der Waals surface area contributed by atoms with Gasteiger partial charge in [0.25, 0.3) is 5.91 Å². The molecular weight excluding hydrogens is 528 g/mol. The zero-order chi connectivity index (χ0) is 28.5. The van der Waals surface area contributed by atoms with Gasteiger partial charge < -0.3 is 15.5 Å². The highest BCUT2D eigenvalue weighted by atomic mass is 35.5. The Morgan fingerprint density at radius 3 is 1.93 bits per heavy atom. The smallest absolute Gasteiger partial charge is 0.326 e. The molecule has 0 aliphatic carbocycles. The summed E-state index contributed by atoms with van der Waals surface area (Å²) in [5.41, 5.74) is 4.67. The summed E-state index contributed by atoms with van der Waals surface area (Å²) >= 11 is 6.08. The van der Waals surface area contributed by atoms with Crippen LogP contribution in [0.3, 0.4) is 0 Å². The SMILES string of the molecule is O=C(NC(Cc1ccc(-c2ccccc2CNC(Cc2ccccc2)C(=O)O)cc1)C(=O)O)c1ccccc1Cl. The van der Waals surface area contributed by atoms with Gasteiger partial charge in [0.2, 0.25) is 0 Å². The van der Waals surface area contributed by atoms with Crippen LogP contribution >= 0.6 is 11.6 Å². The molecule has 0 fully saturated rings. The standard InChI is InChI=1S/C32H29ClN2O5/c33-27-13-7-6-12-26(27)30(36)35-29(32(39)40)19-22-14-16-23(17-15-22)25-11-5-4-10-24(25)20-34-28(31(37)38)18-21-8-2-1-3-9-21/h1-17,28-29,34H,18-20H2,(H,35,36)(H,37,38)(H,39,40). The van der Waals surface area contributed by atoms with Crippen LogP contribution in [0.5, 0.6) is 0 Å². The van der Waals surface area contributed by atoms with E-state index >= 15 is 0 Å². The molecule has 7 nitrogen and oxygen atoms in total. The summed E-state index contributed by atoms with van der Waals surface area (Å²) in [6, 6.07) is 29.2. The molecular formula is C32H29ClN2O5. The largest absolute Gasteiger partial charge is 0.480 e. The molecule has 0 radical (unpaired) electrons. The van der Waals surface area contributed by atoms with Gasteiger partial charge in [0.15, 0.2) is 0 Å². The van der Waals surface area contributed by atoms with Gasteiger partial charge in [-0.25, -0.2) is 4.79 Å². The van der Waals surface area contributed by atoms with Crippen molar-refractivity contribution in [3.05, 3.63) is 130 Å². The monoisotopic (exact) mass is 556 g/mol. The van der Waals surface area contributed by atoms with Crippen LogP contribution < -0.4 is 10.6 Å². The Kier molecular flexibility index (Phi) is 9.67. The van der Waals surface area contributed by atoms with Crippen LogP contribution in [0.25, 0.3) is 11.1 Å². The molecule has 4 rings (SSSR count). The summed E-state index contributed by atoms with van der Waals surface area (Å²) in [6.45, 7) is 0.358. The van der Waals surface area contributed by atoms with Crippen LogP contribution in [0, 0.1) is 0 Å². The number of halogens is 1. The maximum atomic E-state index is 12.6. The van der Waals surface area contributed by atoms with Crippen LogP contribution in [0.1, 0.15) is 27.0 Å². The fourth-order valence-corrected chi connectivity index (χ4v) is 4.64. The Labute approximate surface area is 237 Å². The lowest BCUT2D eigenvalue weighted by atomic mass is 9.96. The molecule has 0 spiro atoms. The first kappa shape index (κ1) is 28.5. The van der Waals surface area contributed by atoms with Crippen LogP contribution in [0.4, 0.5) is 0 Å². The second-order valence-corrected chi connectivity index (χ2v) is 9.77. The molecule has 0 aliphatic rings. The number of carboxylic acids is 2. The average molecular weight is 557 g/mol. The molecule has 4 aromatic rings. The molecule has 0 aromatic heterocycles. The van der Waals surface area contributed by atoms with Gasteiger partial charge in [0.05, 0.1) is 10.6 Å². The number of carbonyl (C=O) groups is 3. The summed E-state index contributed by atoms with van der Waals surface area (Å²) in [5.74, 6) is -2.62. The second kappa shape index (κ2) is 13.6. The molecule has 0 aliphatic heterocycles. The van der Waals surface area contributed by atoms with Crippen molar-refractivity contribution in [1.29, 1.82) is 0 Å². The van der Waals surface area contributed by atoms with E-state index in [-0.39, 0.29) is 17.0 Å². The maximum absolute atomic E-state index is 12.6. The van der Waals surface area contributed by atoms with E-state index in [2.05, 4.69) is 10.6 Å². The van der Waals surface area contributed by atoms with E-state index in [1.54, 1.807) is 18.2 Å². The van der Waals surface area contributed by atoms with E-state index in [0.29, 0.717) is 13.0 Å². The summed E-state index contributed by atoms with van der Waals surface area (Å²) in [5, 5.41) is 25.4. The highest BCUT2D eigenvalue weighted by Gasteiger charge is 2.22. The van der Waals surface area contributed by atoms with E-state index in [0.717, 1.165) is 27.8 Å². The predicted octanol–water partition coefficient (Wildman–Crippen LogP) is 5.22. The lowest BCUT2D eigenvalue weighted by Crippen LogP contribution is -2.42. The molecule has 1 amide bonds. The maximum Gasteiger partial charge on any atom is 0.326 e. The number of rotatable bonds is 12. The van der Waals surface area contributed by atoms with E-state index in [1.165, 1.54) is 6.07 Å². The van der Waals surface area contributed by atoms with Gasteiger partial charge in [-0.1, -0.05) is 103 Å². The number of nitrogens with one attached hydrogen (secondary N) is 2. The third-order valence-electron chi connectivity index (χ3n) is 6.56. The van der Waals surface area contributed by atoms with E-state index in [1.807, 2.05) is 78.9 Å². The average Bonchev–Trinajstić information content (AvgIpc) is 2.96. The third-order valence-corrected chi connectivity index (χ3v) is 6.89. The summed E-state index contributed by atoms with van der Waals surface area (Å²) in [6.07, 6.45) is 0.458. The Balaban J connectivity index is 1.44. The summed E-state index contributed by atoms with van der Waals surface area (Å²) in [4.78, 5) is 36.4. The van der Waals surface area contributed by atoms with Crippen molar-refractivity contribution in [3.8, 4) is 11.1 Å². The molecule has 2 unspecified atom stereocenters. The molecule has 2 atom stereocenters. The van der Waals surface area contributed by atoms with Crippen LogP contribution in [-0.2, 0) is 29.0 Å². The van der Waals surface area contributed by atoms with E-state index < -0.39 is 29.9 Å². The van der Waals surface area contributed by atoms with Gasteiger partial charge >= 0.3 is 11.9 Å². The normalized spacial score (nSPS) is 12.3. The van der Waals surface area contributed by atoms with Crippen molar-refractivity contribution in [2.75, 3.05) is 0 Å². The number of amides is 1. The molecule has 40 heavy (non-hydrogen) atoms. The number of carboxylic acid groups (broad SMARTS) is 2. The fraction of sp³-hybridized carbons (Fsp3) is 0.156. The van der Waals surface area contributed by atoms with Crippen molar-refractivity contribution in [1.82, 2.24) is 10.6 Å². The molecule has 0 saturated heterocycles. The number of hydrogen-bond acceptors (Lipinski definition) is 4. The zero-order valence-electron chi connectivity index (χ0n) is 21.6. The lowest BCUT2D eigenvalue weighted by Gasteiger charge is -2.17. The Morgan fingerprint density at radius 2 is 1.25 bits per heavy atom. The molecule has 204 valence electrons. The summed E-state index contributed by atoms with van der Waals surface area (Å²) in [7, 11) is 0. The van der Waals surface area contributed by atoms with Gasteiger partial charge in [-0.05, 0) is 46.4 Å². The Morgan fingerprint density at radius 1 is 0.675 bits per heavy atom. The first-order valence-corrected chi connectivity index (χ1v) is 13.1. The molecule has 8 heteroatoms. The van der Waals surface area contributed by atoms with Gasteiger partial charge in [-0.2, -0.15) is 0 Å². The van der Waals surface area contributed by atoms with E-state index in [9.17, 15) is 24.6 Å². The van der Waals surface area contributed by atoms with Crippen LogP contribution in [0.15, 0.2) is 103 Å². The topological polar surface area (TPSA) is 116 Å². The lowest BCUT2D eigenvalue weighted by molar-refractivity contribution is -0.140. The van der Waals surface area contributed by atoms with Crippen molar-refractivity contribution < 1.29 is 24.6 Å². The number of benzene rings is 4. The first-order chi connectivity index (χ1) is 19.3. The van der Waals surface area contributed by atoms with Gasteiger partial charge in [0.1, 0.15) is 12.1 Å². The Bertz CT molecular complexity index is 1470. The first-order valence-electron chi connectivity index (χ1n) is 12.8. The van der Waals surface area contributed by atoms with Crippen LogP contribution in [-0.4, -0.2) is 40.1 Å². The van der Waals surface area contributed by atoms with Crippen molar-refractivity contribution in [2.24, 2.45) is 0 Å². The predicted molar refractivity (Wildman–Crippen MR) is 154 cm³/mol. The molecule has 4 aromatic carbocycles. The van der Waals surface area contributed by atoms with E-state index in [4.69, 9.17) is 11.6 Å². The number of aliphatic carboxylic acids is 2. The minimum atomic E-state index is -1.15. The number of carbonyl (C=O) groups excluding carboxylic acids is 1.